The summed E-state index contributed by atoms with van der Waals surface area (Å²) < 4.78 is 0.213. The van der Waals surface area contributed by atoms with E-state index in [9.17, 15) is 0 Å². The summed E-state index contributed by atoms with van der Waals surface area (Å²) in [7, 11) is 18.3. The first-order valence-electron chi connectivity index (χ1n) is 22.5. The average Bonchev–Trinajstić information content (AvgIpc) is 3.83. The predicted octanol–water partition coefficient (Wildman–Crippen LogP) is 16.8. The van der Waals surface area contributed by atoms with Crippen LogP contribution in [0, 0.1) is 11.8 Å². The van der Waals surface area contributed by atoms with Gasteiger partial charge in [-0.05, 0) is 0 Å². The first-order valence-corrected chi connectivity index (χ1v) is 38.8. The zero-order valence-electron chi connectivity index (χ0n) is 34.3. The van der Waals surface area contributed by atoms with Gasteiger partial charge in [0.05, 0.1) is 0 Å². The van der Waals surface area contributed by atoms with E-state index in [1.807, 2.05) is 0 Å². The van der Waals surface area contributed by atoms with Crippen molar-refractivity contribution in [1.82, 2.24) is 0 Å². The summed E-state index contributed by atoms with van der Waals surface area (Å²) in [6.07, 6.45) is 20.9. The molecule has 0 spiro atoms. The van der Waals surface area contributed by atoms with Gasteiger partial charge in [-0.1, -0.05) is 0 Å². The number of benzene rings is 6. The van der Waals surface area contributed by atoms with Gasteiger partial charge in [0.2, 0.25) is 0 Å². The Bertz CT molecular complexity index is 2400. The summed E-state index contributed by atoms with van der Waals surface area (Å²) in [4.78, 5) is 0. The van der Waals surface area contributed by atoms with Crippen LogP contribution in [0.2, 0.25) is 13.1 Å². The third kappa shape index (κ3) is 6.63. The van der Waals surface area contributed by atoms with Gasteiger partial charge in [0.15, 0.2) is 0 Å². The monoisotopic (exact) mass is 893 g/mol. The molecule has 2 saturated carbocycles. The van der Waals surface area contributed by atoms with Crippen molar-refractivity contribution >= 4 is 56.6 Å². The first kappa shape index (κ1) is 39.2. The van der Waals surface area contributed by atoms with Crippen LogP contribution >= 0.6 is 17.0 Å². The molecule has 0 radical (unpaired) electrons. The van der Waals surface area contributed by atoms with Crippen LogP contribution in [0.1, 0.15) is 107 Å². The molecule has 4 aliphatic carbocycles. The number of rotatable bonds is 9. The van der Waals surface area contributed by atoms with Crippen LogP contribution < -0.4 is 0 Å². The van der Waals surface area contributed by atoms with Gasteiger partial charge in [-0.3, -0.25) is 0 Å². The van der Waals surface area contributed by atoms with E-state index < -0.39 is 21.5 Å². The first-order chi connectivity index (χ1) is 28.3. The van der Waals surface area contributed by atoms with Crippen LogP contribution in [0.25, 0.3) is 56.0 Å². The van der Waals surface area contributed by atoms with Crippen LogP contribution in [-0.2, 0) is 15.6 Å². The standard InChI is InChI=1S/2C26H25.C2H7Si.2ClH.Zr/c2*1-2-8-19(9-3-1)16-20-17-22-12-7-15-25(26(22)18-20)24-14-6-11-21-10-4-5-13-23(21)24;1-3-2;;;/h2*4-7,10-15,17-19H,1-3,8-9,16H2;3H,1-2H3;2*1H;/q;;;;;+2/p-2. The molecule has 2 fully saturated rings. The maximum absolute atomic E-state index is 9.16. The van der Waals surface area contributed by atoms with E-state index in [0.717, 1.165) is 12.8 Å². The molecule has 4 aliphatic rings. The van der Waals surface area contributed by atoms with Crippen LogP contribution in [0.15, 0.2) is 132 Å². The van der Waals surface area contributed by atoms with E-state index in [1.165, 1.54) is 130 Å². The van der Waals surface area contributed by atoms with Gasteiger partial charge in [0.1, 0.15) is 0 Å². The molecule has 0 heterocycles. The molecule has 295 valence electrons. The SMILES string of the molecule is C[SiH](C)[Zr]([Cl])([Cl])([CH]1C(CC2CCCCC2)=Cc2c(-c3cccc4ccccc34)cccc21)[CH]1C(CC2CCCCC2)=Cc2c(-c3cccc4ccccc34)cccc21. The van der Waals surface area contributed by atoms with Gasteiger partial charge in [0, 0.05) is 0 Å². The molecule has 6 aromatic carbocycles. The molecule has 0 nitrogen and oxygen atoms in total. The van der Waals surface area contributed by atoms with Gasteiger partial charge in [-0.2, -0.15) is 0 Å². The van der Waals surface area contributed by atoms with E-state index in [0.29, 0.717) is 11.8 Å². The summed E-state index contributed by atoms with van der Waals surface area (Å²) in [5, 5.41) is 5.20. The van der Waals surface area contributed by atoms with Gasteiger partial charge in [0.25, 0.3) is 0 Å². The van der Waals surface area contributed by atoms with E-state index >= 15 is 0 Å². The quantitative estimate of drug-likeness (QED) is 0.127. The molecule has 0 saturated heterocycles. The molecule has 4 heteroatoms. The minimum absolute atomic E-state index is 0.107. The second-order valence-electron chi connectivity index (χ2n) is 18.8. The molecule has 0 aliphatic heterocycles. The van der Waals surface area contributed by atoms with E-state index in [4.69, 9.17) is 17.0 Å². The minimum atomic E-state index is -5.05. The summed E-state index contributed by atoms with van der Waals surface area (Å²) in [5.74, 6) is -0.331. The summed E-state index contributed by atoms with van der Waals surface area (Å²) in [6, 6.07) is 45.7. The molecule has 6 aromatic rings. The van der Waals surface area contributed by atoms with E-state index in [1.54, 1.807) is 11.1 Å². The molecule has 2 unspecified atom stereocenters. The number of allylic oxidation sites excluding steroid dienone is 2. The van der Waals surface area contributed by atoms with Crippen molar-refractivity contribution in [2.75, 3.05) is 0 Å². The number of fused-ring (bicyclic) bond motifs is 4. The Kier molecular flexibility index (Phi) is 10.7. The fourth-order valence-electron chi connectivity index (χ4n) is 12.3. The number of hydrogen-bond donors (Lipinski definition) is 0. The van der Waals surface area contributed by atoms with Crippen molar-refractivity contribution in [3.05, 3.63) is 155 Å². The molecule has 0 amide bonds. The van der Waals surface area contributed by atoms with Crippen molar-refractivity contribution in [3.8, 4) is 22.3 Å². The third-order valence-electron chi connectivity index (χ3n) is 15.2. The van der Waals surface area contributed by atoms with E-state index in [-0.39, 0.29) is 7.25 Å². The molecular weight excluding hydrogens is 839 g/mol. The Morgan fingerprint density at radius 3 is 1.28 bits per heavy atom. The summed E-state index contributed by atoms with van der Waals surface area (Å²) >= 11 is -5.05. The zero-order valence-corrected chi connectivity index (χ0v) is 39.5. The number of hydrogen-bond acceptors (Lipinski definition) is 0. The second-order valence-corrected chi connectivity index (χ2v) is 61.3. The Balaban J connectivity index is 1.19. The van der Waals surface area contributed by atoms with Gasteiger partial charge in [-0.15, -0.1) is 0 Å². The van der Waals surface area contributed by atoms with Crippen molar-refractivity contribution < 1.29 is 15.6 Å². The van der Waals surface area contributed by atoms with E-state index in [2.05, 4.69) is 147 Å². The Morgan fingerprint density at radius 1 is 0.466 bits per heavy atom. The molecule has 2 atom stereocenters. The molecule has 0 N–H and O–H groups in total. The zero-order chi connectivity index (χ0) is 39.5. The average molecular weight is 896 g/mol. The number of halogens is 2. The second kappa shape index (κ2) is 15.8. The summed E-state index contributed by atoms with van der Waals surface area (Å²) in [6.45, 7) is 5.08. The molecule has 0 bridgehead atoms. The van der Waals surface area contributed by atoms with Crippen LogP contribution in [0.5, 0.6) is 0 Å². The molecule has 0 aromatic heterocycles. The Hall–Kier alpha value is -3.00. The van der Waals surface area contributed by atoms with Crippen molar-refractivity contribution in [3.63, 3.8) is 0 Å². The fourth-order valence-corrected chi connectivity index (χ4v) is 43.6. The molecule has 58 heavy (non-hydrogen) atoms. The molecule has 10 rings (SSSR count). The third-order valence-corrected chi connectivity index (χ3v) is 67.0. The van der Waals surface area contributed by atoms with Crippen molar-refractivity contribution in [2.45, 2.75) is 97.4 Å². The van der Waals surface area contributed by atoms with Gasteiger partial charge < -0.3 is 0 Å². The predicted molar refractivity (Wildman–Crippen MR) is 253 cm³/mol. The van der Waals surface area contributed by atoms with Crippen molar-refractivity contribution in [1.29, 1.82) is 0 Å². The fraction of sp³-hybridized carbons (Fsp3) is 0.333. The van der Waals surface area contributed by atoms with Crippen LogP contribution in [0.4, 0.5) is 0 Å². The van der Waals surface area contributed by atoms with Crippen molar-refractivity contribution in [2.24, 2.45) is 11.8 Å². The van der Waals surface area contributed by atoms with Gasteiger partial charge in [-0.25, -0.2) is 0 Å². The summed E-state index contributed by atoms with van der Waals surface area (Å²) in [5.41, 5.74) is 14.0. The topological polar surface area (TPSA) is 0 Å². The van der Waals surface area contributed by atoms with Gasteiger partial charge >= 0.3 is 358 Å². The maximum atomic E-state index is 9.16. The Labute approximate surface area is 355 Å². The Morgan fingerprint density at radius 2 is 0.845 bits per heavy atom. The molecular formula is C54H57Cl2SiZr. The normalized spacial score (nSPS) is 20.8. The van der Waals surface area contributed by atoms with Crippen LogP contribution in [0.3, 0.4) is 0 Å². The van der Waals surface area contributed by atoms with Crippen LogP contribution in [-0.4, -0.2) is 5.92 Å².